The fourth-order valence-corrected chi connectivity index (χ4v) is 7.87. The summed E-state index contributed by atoms with van der Waals surface area (Å²) in [5.41, 5.74) is 0.593. The van der Waals surface area contributed by atoms with E-state index in [1.807, 2.05) is 0 Å². The molecule has 4 aliphatic rings. The van der Waals surface area contributed by atoms with Crippen LogP contribution in [0.2, 0.25) is 0 Å². The minimum absolute atomic E-state index is 0.0969. The van der Waals surface area contributed by atoms with E-state index in [9.17, 15) is 14.7 Å². The predicted molar refractivity (Wildman–Crippen MR) is 97.1 cm³/mol. The van der Waals surface area contributed by atoms with E-state index in [4.69, 9.17) is 4.74 Å². The Labute approximate surface area is 157 Å². The summed E-state index contributed by atoms with van der Waals surface area (Å²) in [4.78, 5) is 24.8. The van der Waals surface area contributed by atoms with E-state index in [0.29, 0.717) is 12.3 Å². The molecule has 0 aromatic rings. The second-order valence-electron chi connectivity index (χ2n) is 8.99. The Bertz CT molecular complexity index is 646. The number of Topliss-reactive ketones (excluding diaryl/α,β-unsaturated/α-hetero) is 1. The number of hydrogen-bond acceptors (Lipinski definition) is 4. The first-order valence-electron chi connectivity index (χ1n) is 9.37. The lowest BCUT2D eigenvalue weighted by Crippen LogP contribution is -2.61. The minimum Gasteiger partial charge on any atom is -0.469 e. The van der Waals surface area contributed by atoms with Gasteiger partial charge < -0.3 is 9.84 Å². The van der Waals surface area contributed by atoms with Crippen LogP contribution in [0, 0.1) is 34.5 Å². The van der Waals surface area contributed by atoms with Crippen molar-refractivity contribution in [2.45, 2.75) is 56.4 Å². The van der Waals surface area contributed by atoms with Crippen molar-refractivity contribution in [3.63, 3.8) is 0 Å². The van der Waals surface area contributed by atoms with Crippen molar-refractivity contribution < 1.29 is 19.4 Å². The number of halogens is 1. The Morgan fingerprint density at radius 1 is 1.36 bits per heavy atom. The molecule has 0 amide bonds. The number of aliphatic hydroxyl groups is 1. The van der Waals surface area contributed by atoms with Crippen molar-refractivity contribution in [3.05, 3.63) is 12.2 Å². The molecular weight excluding hydrogens is 384 g/mol. The van der Waals surface area contributed by atoms with Gasteiger partial charge >= 0.3 is 5.97 Å². The van der Waals surface area contributed by atoms with E-state index in [-0.39, 0.29) is 34.4 Å². The molecular formula is C20H27BrO4. The van der Waals surface area contributed by atoms with Crippen LogP contribution in [0.15, 0.2) is 12.2 Å². The zero-order valence-electron chi connectivity index (χ0n) is 15.0. The first-order valence-corrected chi connectivity index (χ1v) is 10.3. The van der Waals surface area contributed by atoms with Gasteiger partial charge in [0.05, 0.1) is 24.0 Å². The van der Waals surface area contributed by atoms with E-state index in [0.717, 1.165) is 37.7 Å². The normalized spacial score (nSPS) is 51.7. The number of rotatable bonds is 1. The quantitative estimate of drug-likeness (QED) is 0.409. The van der Waals surface area contributed by atoms with Gasteiger partial charge in [-0.15, -0.1) is 0 Å². The van der Waals surface area contributed by atoms with Crippen molar-refractivity contribution in [1.29, 1.82) is 0 Å². The standard InChI is InChI=1S/C20H27BrO4/c1-10-11-4-5-14-19(2)9-13(22)16(21)15(18(24)25-3)12(19)6-7-20(14,8-11)17(10)23/h11-12,14-17,23H,1,4-9H2,2-3H3/t11-,12+,14-,15-,16-,17-,19+,20+/m0/s1. The topological polar surface area (TPSA) is 63.6 Å². The molecule has 138 valence electrons. The number of ketones is 1. The van der Waals surface area contributed by atoms with Crippen LogP contribution in [-0.2, 0) is 14.3 Å². The molecule has 0 aliphatic heterocycles. The van der Waals surface area contributed by atoms with Gasteiger partial charge in [-0.25, -0.2) is 0 Å². The third-order valence-corrected chi connectivity index (χ3v) is 9.27. The lowest BCUT2D eigenvalue weighted by Gasteiger charge is -2.61. The highest BCUT2D eigenvalue weighted by Crippen LogP contribution is 2.70. The molecule has 4 rings (SSSR count). The van der Waals surface area contributed by atoms with Gasteiger partial charge in [-0.1, -0.05) is 29.4 Å². The van der Waals surface area contributed by atoms with Crippen molar-refractivity contribution in [2.24, 2.45) is 34.5 Å². The molecule has 1 spiro atoms. The first-order chi connectivity index (χ1) is 11.8. The third-order valence-electron chi connectivity index (χ3n) is 8.19. The molecule has 4 aliphatic carbocycles. The van der Waals surface area contributed by atoms with Gasteiger partial charge in [-0.2, -0.15) is 0 Å². The van der Waals surface area contributed by atoms with Gasteiger partial charge in [0.1, 0.15) is 5.78 Å². The fourth-order valence-electron chi connectivity index (χ4n) is 7.12. The number of carbonyl (C=O) groups excluding carboxylic acids is 2. The molecule has 4 fully saturated rings. The van der Waals surface area contributed by atoms with Gasteiger partial charge in [-0.05, 0) is 60.8 Å². The number of carbonyl (C=O) groups is 2. The number of esters is 1. The summed E-state index contributed by atoms with van der Waals surface area (Å²) in [5, 5.41) is 11.0. The molecule has 0 aromatic heterocycles. The van der Waals surface area contributed by atoms with Crippen molar-refractivity contribution >= 4 is 27.7 Å². The summed E-state index contributed by atoms with van der Waals surface area (Å²) in [5.74, 6) is 0.196. The highest BCUT2D eigenvalue weighted by molar-refractivity contribution is 9.10. The molecule has 0 radical (unpaired) electrons. The Morgan fingerprint density at radius 2 is 2.08 bits per heavy atom. The lowest BCUT2D eigenvalue weighted by molar-refractivity contribution is -0.176. The SMILES string of the molecule is C=C1[C@H]2CC[C@H]3[C@]4(C)CC(=O)[C@H](Br)[C@@H](C(=O)OC)[C@H]4CC[C@]3(C2)[C@H]1O. The lowest BCUT2D eigenvalue weighted by atomic mass is 9.43. The van der Waals surface area contributed by atoms with Crippen LogP contribution < -0.4 is 0 Å². The Hall–Kier alpha value is -0.680. The van der Waals surface area contributed by atoms with Gasteiger partial charge in [0, 0.05) is 11.8 Å². The number of methoxy groups -OCH3 is 1. The van der Waals surface area contributed by atoms with Crippen molar-refractivity contribution in [3.8, 4) is 0 Å². The highest BCUT2D eigenvalue weighted by Gasteiger charge is 2.67. The molecule has 0 saturated heterocycles. The Balaban J connectivity index is 1.77. The largest absolute Gasteiger partial charge is 0.469 e. The Kier molecular flexibility index (Phi) is 4.01. The van der Waals surface area contributed by atoms with Crippen LogP contribution in [0.4, 0.5) is 0 Å². The summed E-state index contributed by atoms with van der Waals surface area (Å²) < 4.78 is 5.05. The molecule has 0 aromatic carbocycles. The van der Waals surface area contributed by atoms with Gasteiger partial charge in [0.2, 0.25) is 0 Å². The summed E-state index contributed by atoms with van der Waals surface area (Å²) in [6, 6.07) is 0. The van der Waals surface area contributed by atoms with Gasteiger partial charge in [0.25, 0.3) is 0 Å². The van der Waals surface area contributed by atoms with E-state index in [1.165, 1.54) is 7.11 Å². The van der Waals surface area contributed by atoms with Crippen LogP contribution in [0.1, 0.15) is 45.4 Å². The fraction of sp³-hybridized carbons (Fsp3) is 0.800. The maximum atomic E-state index is 12.8. The minimum atomic E-state index is -0.462. The smallest absolute Gasteiger partial charge is 0.310 e. The number of fused-ring (bicyclic) bond motifs is 3. The monoisotopic (exact) mass is 410 g/mol. The van der Waals surface area contributed by atoms with Crippen LogP contribution in [0.3, 0.4) is 0 Å². The average molecular weight is 411 g/mol. The number of hydrogen-bond donors (Lipinski definition) is 1. The Morgan fingerprint density at radius 3 is 2.76 bits per heavy atom. The third kappa shape index (κ3) is 2.14. The molecule has 2 bridgehead atoms. The van der Waals surface area contributed by atoms with Crippen molar-refractivity contribution in [2.75, 3.05) is 7.11 Å². The molecule has 4 nitrogen and oxygen atoms in total. The molecule has 25 heavy (non-hydrogen) atoms. The van der Waals surface area contributed by atoms with Gasteiger partial charge in [-0.3, -0.25) is 9.59 Å². The maximum absolute atomic E-state index is 12.8. The second kappa shape index (κ2) is 5.66. The van der Waals surface area contributed by atoms with E-state index in [1.54, 1.807) is 0 Å². The molecule has 1 N–H and O–H groups in total. The predicted octanol–water partition coefficient (Wildman–Crippen LogP) is 3.26. The second-order valence-corrected chi connectivity index (χ2v) is 9.97. The van der Waals surface area contributed by atoms with E-state index >= 15 is 0 Å². The maximum Gasteiger partial charge on any atom is 0.310 e. The molecule has 8 atom stereocenters. The van der Waals surface area contributed by atoms with Crippen LogP contribution in [0.25, 0.3) is 0 Å². The van der Waals surface area contributed by atoms with E-state index in [2.05, 4.69) is 29.4 Å². The number of alkyl halides is 1. The zero-order valence-corrected chi connectivity index (χ0v) is 16.5. The molecule has 4 saturated carbocycles. The van der Waals surface area contributed by atoms with Crippen LogP contribution >= 0.6 is 15.9 Å². The van der Waals surface area contributed by atoms with Gasteiger partial charge in [0.15, 0.2) is 0 Å². The van der Waals surface area contributed by atoms with E-state index < -0.39 is 16.8 Å². The van der Waals surface area contributed by atoms with Crippen LogP contribution in [0.5, 0.6) is 0 Å². The number of ether oxygens (including phenoxy) is 1. The summed E-state index contributed by atoms with van der Waals surface area (Å²) in [6.07, 6.45) is 4.85. The summed E-state index contributed by atoms with van der Waals surface area (Å²) in [7, 11) is 1.40. The highest BCUT2D eigenvalue weighted by atomic mass is 79.9. The molecule has 0 heterocycles. The average Bonchev–Trinajstić information content (AvgIpc) is 2.76. The summed E-state index contributed by atoms with van der Waals surface area (Å²) in [6.45, 7) is 6.36. The van der Waals surface area contributed by atoms with Crippen LogP contribution in [-0.4, -0.2) is 34.9 Å². The zero-order chi connectivity index (χ0) is 18.1. The summed E-state index contributed by atoms with van der Waals surface area (Å²) >= 11 is 3.48. The number of aliphatic hydroxyl groups excluding tert-OH is 1. The molecule has 5 heteroatoms. The first kappa shape index (κ1) is 17.7. The molecule has 0 unspecified atom stereocenters. The van der Waals surface area contributed by atoms with Crippen molar-refractivity contribution in [1.82, 2.24) is 0 Å².